The van der Waals surface area contributed by atoms with Gasteiger partial charge in [0, 0.05) is 0 Å². The monoisotopic (exact) mass is 105 g/mol. The van der Waals surface area contributed by atoms with Crippen molar-refractivity contribution >= 4 is 15.2 Å². The third kappa shape index (κ3) is 10.5. The Morgan fingerprint density at radius 3 is 1.25 bits per heavy atom. The van der Waals surface area contributed by atoms with Crippen LogP contribution in [-0.4, -0.2) is 15.2 Å². The van der Waals surface area contributed by atoms with E-state index in [0.29, 0.717) is 0 Å². The molecule has 0 heterocycles. The average Bonchev–Trinajstić information content (AvgIpc) is 0.918. The van der Waals surface area contributed by atoms with E-state index in [1.807, 2.05) is 0 Å². The second kappa shape index (κ2) is 8.87. The first-order chi connectivity index (χ1) is 1.41. The van der Waals surface area contributed by atoms with E-state index in [2.05, 4.69) is 11.6 Å². The summed E-state index contributed by atoms with van der Waals surface area (Å²) >= 11 is 0.750. The first-order valence-corrected chi connectivity index (χ1v) is 3.46. The van der Waals surface area contributed by atoms with Gasteiger partial charge in [0.2, 0.25) is 0 Å². The van der Waals surface area contributed by atoms with Crippen LogP contribution in [0.1, 0.15) is 0 Å². The summed E-state index contributed by atoms with van der Waals surface area (Å²) in [4.78, 5) is 0. The van der Waals surface area contributed by atoms with E-state index in [1.54, 1.807) is 0 Å². The van der Waals surface area contributed by atoms with Crippen LogP contribution in [0.2, 0.25) is 11.6 Å². The quantitative estimate of drug-likeness (QED) is 0.399. The molecule has 2 heteroatoms. The molecule has 0 N–H and O–H groups in total. The number of hydrogen-bond acceptors (Lipinski definition) is 0. The van der Waals surface area contributed by atoms with Crippen molar-refractivity contribution in [3.63, 3.8) is 0 Å². The van der Waals surface area contributed by atoms with Crippen LogP contribution < -0.4 is 0 Å². The molecule has 0 aromatic carbocycles. The Balaban J connectivity index is 0. The normalized spacial score (nSPS) is 2.50. The van der Waals surface area contributed by atoms with Crippen molar-refractivity contribution in [1.82, 2.24) is 0 Å². The van der Waals surface area contributed by atoms with Gasteiger partial charge in [-0.1, -0.05) is 0 Å². The molecule has 0 aromatic heterocycles. The van der Waals surface area contributed by atoms with E-state index < -0.39 is 0 Å². The molecular formula is C2H6AlTi+3. The Bertz CT molecular complexity index is 6.00. The second-order valence-corrected chi connectivity index (χ2v) is 1.73. The fourth-order valence-electron chi connectivity index (χ4n) is 0. The molecule has 0 aliphatic heterocycles. The molecule has 0 radical (unpaired) electrons. The van der Waals surface area contributed by atoms with Gasteiger partial charge in [-0.05, 0) is 0 Å². The Morgan fingerprint density at radius 2 is 1.25 bits per heavy atom. The smallest absolute Gasteiger partial charge is 2.00 e. The fourth-order valence-corrected chi connectivity index (χ4v) is 0. The van der Waals surface area contributed by atoms with Gasteiger partial charge >= 0.3 is 48.5 Å². The van der Waals surface area contributed by atoms with Crippen molar-refractivity contribution in [2.24, 2.45) is 0 Å². The van der Waals surface area contributed by atoms with Gasteiger partial charge in [0.25, 0.3) is 0 Å². The van der Waals surface area contributed by atoms with Gasteiger partial charge < -0.3 is 0 Å². The van der Waals surface area contributed by atoms with Gasteiger partial charge in [0.05, 0.1) is 0 Å². The molecule has 0 bridgehead atoms. The molecule has 0 nitrogen and oxygen atoms in total. The predicted octanol–water partition coefficient (Wildman–Crippen LogP) is 0.784. The predicted molar refractivity (Wildman–Crippen MR) is 17.5 cm³/mol. The number of rotatable bonds is 0. The Morgan fingerprint density at radius 1 is 1.25 bits per heavy atom. The summed E-state index contributed by atoms with van der Waals surface area (Å²) in [5.41, 5.74) is 0. The molecule has 0 spiro atoms. The van der Waals surface area contributed by atoms with Crippen molar-refractivity contribution in [2.45, 2.75) is 11.6 Å². The van der Waals surface area contributed by atoms with Crippen molar-refractivity contribution in [2.75, 3.05) is 0 Å². The van der Waals surface area contributed by atoms with Crippen molar-refractivity contribution in [1.29, 1.82) is 0 Å². The van der Waals surface area contributed by atoms with Gasteiger partial charge in [-0.3, -0.25) is 0 Å². The molecule has 0 saturated heterocycles. The minimum Gasteiger partial charge on any atom is 2.00 e. The van der Waals surface area contributed by atoms with Crippen LogP contribution in [0.25, 0.3) is 0 Å². The minimum absolute atomic E-state index is 0. The summed E-state index contributed by atoms with van der Waals surface area (Å²) in [5, 5.41) is 0. The van der Waals surface area contributed by atoms with Crippen LogP contribution in [-0.2, 0) is 21.7 Å². The van der Waals surface area contributed by atoms with Crippen molar-refractivity contribution < 1.29 is 21.7 Å². The maximum absolute atomic E-state index is 2.21. The largest absolute Gasteiger partial charge is 2.00 e. The van der Waals surface area contributed by atoms with Gasteiger partial charge in [0.15, 0.2) is 0 Å². The molecule has 0 fully saturated rings. The third-order valence-corrected chi connectivity index (χ3v) is 0. The van der Waals surface area contributed by atoms with Gasteiger partial charge in [-0.25, -0.2) is 0 Å². The van der Waals surface area contributed by atoms with E-state index in [1.165, 1.54) is 0 Å². The van der Waals surface area contributed by atoms with Crippen LogP contribution in [0, 0.1) is 0 Å². The first-order valence-electron chi connectivity index (χ1n) is 1.15. The number of hydrogen-bond donors (Lipinski definition) is 0. The molecule has 18 valence electrons. The van der Waals surface area contributed by atoms with E-state index >= 15 is 0 Å². The SMILES string of the molecule is [CH3][Al+][CH3].[Ti+2]. The first kappa shape index (κ1) is 8.98. The molecule has 0 amide bonds. The third-order valence-electron chi connectivity index (χ3n) is 0. The van der Waals surface area contributed by atoms with Gasteiger partial charge in [-0.2, -0.15) is 0 Å². The Kier molecular flexibility index (Phi) is 19.9. The molecule has 0 aliphatic rings. The molecule has 0 unspecified atom stereocenters. The Labute approximate surface area is 48.6 Å². The van der Waals surface area contributed by atoms with Crippen LogP contribution in [0.4, 0.5) is 0 Å². The van der Waals surface area contributed by atoms with Crippen LogP contribution >= 0.6 is 0 Å². The molecular weight excluding hydrogens is 98.9 g/mol. The zero-order chi connectivity index (χ0) is 2.71. The summed E-state index contributed by atoms with van der Waals surface area (Å²) in [6.45, 7) is 0. The maximum Gasteiger partial charge on any atom is 2.00 e. The van der Waals surface area contributed by atoms with Crippen molar-refractivity contribution in [3.05, 3.63) is 0 Å². The molecule has 0 atom stereocenters. The summed E-state index contributed by atoms with van der Waals surface area (Å²) in [6.07, 6.45) is 0. The Hall–Kier alpha value is 1.25. The van der Waals surface area contributed by atoms with Crippen LogP contribution in [0.15, 0.2) is 0 Å². The van der Waals surface area contributed by atoms with E-state index in [0.717, 1.165) is 15.2 Å². The zero-order valence-electron chi connectivity index (χ0n) is 3.08. The maximum atomic E-state index is 2.21. The second-order valence-electron chi connectivity index (χ2n) is 0.577. The van der Waals surface area contributed by atoms with Crippen molar-refractivity contribution in [3.8, 4) is 0 Å². The molecule has 0 rings (SSSR count). The van der Waals surface area contributed by atoms with E-state index in [-0.39, 0.29) is 21.7 Å². The average molecular weight is 105 g/mol. The zero-order valence-corrected chi connectivity index (χ0v) is 5.79. The van der Waals surface area contributed by atoms with Gasteiger partial charge in [-0.15, -0.1) is 0 Å². The molecule has 0 aromatic rings. The van der Waals surface area contributed by atoms with Crippen LogP contribution in [0.3, 0.4) is 0 Å². The van der Waals surface area contributed by atoms with E-state index in [4.69, 9.17) is 0 Å². The topological polar surface area (TPSA) is 0 Å². The molecule has 0 saturated carbocycles. The fraction of sp³-hybridized carbons (Fsp3) is 1.00. The van der Waals surface area contributed by atoms with Crippen LogP contribution in [0.5, 0.6) is 0 Å². The minimum atomic E-state index is 0. The standard InChI is InChI=1S/2CH3.Al.Ti/h2*1H3;;/q;;+1;+2. The summed E-state index contributed by atoms with van der Waals surface area (Å²) in [6, 6.07) is 0. The summed E-state index contributed by atoms with van der Waals surface area (Å²) in [5.74, 6) is 4.42. The summed E-state index contributed by atoms with van der Waals surface area (Å²) in [7, 11) is 0. The van der Waals surface area contributed by atoms with Gasteiger partial charge in [0.1, 0.15) is 0 Å². The molecule has 4 heavy (non-hydrogen) atoms. The summed E-state index contributed by atoms with van der Waals surface area (Å²) < 4.78 is 0. The molecule has 0 aliphatic carbocycles. The van der Waals surface area contributed by atoms with E-state index in [9.17, 15) is 0 Å².